The van der Waals surface area contributed by atoms with E-state index in [1.54, 1.807) is 18.2 Å². The first-order valence-electron chi connectivity index (χ1n) is 7.93. The number of benzene rings is 2. The SMILES string of the molecule is COc1ccc(S(=O)(=O)N(C)CC(=O)Nc2cc(Cl)ccc2C)cc1OC. The van der Waals surface area contributed by atoms with E-state index in [4.69, 9.17) is 21.1 Å². The number of rotatable bonds is 7. The third-order valence-electron chi connectivity index (χ3n) is 3.90. The standard InChI is InChI=1S/C18H21ClN2O5S/c1-12-5-6-13(19)9-15(12)20-18(22)11-21(2)27(23,24)14-7-8-16(25-3)17(10-14)26-4/h5-10H,11H2,1-4H3,(H,20,22). The molecule has 0 atom stereocenters. The Bertz CT molecular complexity index is 947. The molecular weight excluding hydrogens is 392 g/mol. The Balaban J connectivity index is 2.17. The van der Waals surface area contributed by atoms with Crippen molar-refractivity contribution in [2.75, 3.05) is 33.1 Å². The second kappa shape index (κ2) is 8.60. The molecule has 0 fully saturated rings. The summed E-state index contributed by atoms with van der Waals surface area (Å²) in [4.78, 5) is 12.3. The van der Waals surface area contributed by atoms with Crippen LogP contribution in [0.1, 0.15) is 5.56 Å². The average molecular weight is 413 g/mol. The van der Waals surface area contributed by atoms with E-state index < -0.39 is 15.9 Å². The quantitative estimate of drug-likeness (QED) is 0.755. The number of aryl methyl sites for hydroxylation is 1. The lowest BCUT2D eigenvalue weighted by molar-refractivity contribution is -0.116. The zero-order valence-corrected chi connectivity index (χ0v) is 17.0. The molecule has 0 bridgehead atoms. The van der Waals surface area contributed by atoms with Crippen LogP contribution in [0.5, 0.6) is 11.5 Å². The Labute approximate surface area is 163 Å². The van der Waals surface area contributed by atoms with Crippen LogP contribution in [0, 0.1) is 6.92 Å². The van der Waals surface area contributed by atoms with Crippen molar-refractivity contribution in [3.8, 4) is 11.5 Å². The van der Waals surface area contributed by atoms with Crippen molar-refractivity contribution < 1.29 is 22.7 Å². The number of methoxy groups -OCH3 is 2. The van der Waals surface area contributed by atoms with Crippen LogP contribution in [0.2, 0.25) is 5.02 Å². The maximum absolute atomic E-state index is 12.7. The van der Waals surface area contributed by atoms with Crippen LogP contribution in [0.4, 0.5) is 5.69 Å². The van der Waals surface area contributed by atoms with Gasteiger partial charge in [-0.25, -0.2) is 8.42 Å². The van der Waals surface area contributed by atoms with Crippen molar-refractivity contribution in [1.29, 1.82) is 0 Å². The highest BCUT2D eigenvalue weighted by Crippen LogP contribution is 2.30. The van der Waals surface area contributed by atoms with Crippen LogP contribution in [0.25, 0.3) is 0 Å². The molecule has 0 aliphatic carbocycles. The molecular formula is C18H21ClN2O5S. The number of amides is 1. The summed E-state index contributed by atoms with van der Waals surface area (Å²) >= 11 is 5.93. The summed E-state index contributed by atoms with van der Waals surface area (Å²) in [6.07, 6.45) is 0. The van der Waals surface area contributed by atoms with Crippen molar-refractivity contribution in [3.63, 3.8) is 0 Å². The summed E-state index contributed by atoms with van der Waals surface area (Å²) in [7, 11) is 0.313. The third kappa shape index (κ3) is 4.91. The van der Waals surface area contributed by atoms with E-state index in [0.29, 0.717) is 16.5 Å². The number of halogens is 1. The maximum atomic E-state index is 12.7. The molecule has 0 saturated heterocycles. The van der Waals surface area contributed by atoms with Gasteiger partial charge >= 0.3 is 0 Å². The first kappa shape index (κ1) is 21.0. The molecule has 146 valence electrons. The molecule has 0 radical (unpaired) electrons. The predicted molar refractivity (Wildman–Crippen MR) is 104 cm³/mol. The number of sulfonamides is 1. The topological polar surface area (TPSA) is 84.9 Å². The molecule has 0 aliphatic rings. The molecule has 7 nitrogen and oxygen atoms in total. The summed E-state index contributed by atoms with van der Waals surface area (Å²) < 4.78 is 36.7. The molecule has 0 aliphatic heterocycles. The fourth-order valence-corrected chi connectivity index (χ4v) is 3.68. The van der Waals surface area contributed by atoms with Crippen molar-refractivity contribution in [1.82, 2.24) is 4.31 Å². The van der Waals surface area contributed by atoms with E-state index >= 15 is 0 Å². The van der Waals surface area contributed by atoms with Gasteiger partial charge in [0.15, 0.2) is 11.5 Å². The highest BCUT2D eigenvalue weighted by Gasteiger charge is 2.24. The molecule has 0 spiro atoms. The average Bonchev–Trinajstić information content (AvgIpc) is 2.63. The van der Waals surface area contributed by atoms with E-state index in [1.165, 1.54) is 39.5 Å². The van der Waals surface area contributed by atoms with Gasteiger partial charge in [-0.05, 0) is 36.8 Å². The van der Waals surface area contributed by atoms with Crippen LogP contribution in [-0.4, -0.2) is 46.4 Å². The van der Waals surface area contributed by atoms with Gasteiger partial charge in [0.1, 0.15) is 0 Å². The van der Waals surface area contributed by atoms with Gasteiger partial charge in [0.2, 0.25) is 15.9 Å². The first-order valence-corrected chi connectivity index (χ1v) is 9.75. The number of likely N-dealkylation sites (N-methyl/N-ethyl adjacent to an activating group) is 1. The fourth-order valence-electron chi connectivity index (χ4n) is 2.36. The minimum absolute atomic E-state index is 0.00520. The zero-order valence-electron chi connectivity index (χ0n) is 15.4. The third-order valence-corrected chi connectivity index (χ3v) is 5.94. The molecule has 27 heavy (non-hydrogen) atoms. The molecule has 1 N–H and O–H groups in total. The maximum Gasteiger partial charge on any atom is 0.243 e. The van der Waals surface area contributed by atoms with E-state index in [0.717, 1.165) is 9.87 Å². The molecule has 2 aromatic carbocycles. The van der Waals surface area contributed by atoms with Crippen LogP contribution in [-0.2, 0) is 14.8 Å². The summed E-state index contributed by atoms with van der Waals surface area (Å²) in [5.41, 5.74) is 1.35. The Hall–Kier alpha value is -2.29. The van der Waals surface area contributed by atoms with Crippen LogP contribution in [0.3, 0.4) is 0 Å². The lowest BCUT2D eigenvalue weighted by Crippen LogP contribution is -2.35. The molecule has 0 unspecified atom stereocenters. The number of hydrogen-bond acceptors (Lipinski definition) is 5. The van der Waals surface area contributed by atoms with E-state index in [-0.39, 0.29) is 17.2 Å². The summed E-state index contributed by atoms with van der Waals surface area (Å²) in [5.74, 6) is 0.214. The fraction of sp³-hybridized carbons (Fsp3) is 0.278. The Morgan fingerprint density at radius 1 is 1.11 bits per heavy atom. The smallest absolute Gasteiger partial charge is 0.243 e. The molecule has 0 aromatic heterocycles. The molecule has 0 saturated carbocycles. The number of nitrogens with zero attached hydrogens (tertiary/aromatic N) is 1. The van der Waals surface area contributed by atoms with E-state index in [1.807, 2.05) is 6.92 Å². The van der Waals surface area contributed by atoms with Crippen molar-refractivity contribution >= 4 is 33.2 Å². The van der Waals surface area contributed by atoms with Gasteiger partial charge in [0.05, 0.1) is 25.7 Å². The number of carbonyl (C=O) groups is 1. The van der Waals surface area contributed by atoms with Crippen molar-refractivity contribution in [3.05, 3.63) is 47.0 Å². The van der Waals surface area contributed by atoms with Gasteiger partial charge in [-0.15, -0.1) is 0 Å². The summed E-state index contributed by atoms with van der Waals surface area (Å²) in [5, 5.41) is 3.15. The Morgan fingerprint density at radius 2 is 1.78 bits per heavy atom. The van der Waals surface area contributed by atoms with Gasteiger partial charge < -0.3 is 14.8 Å². The second-order valence-corrected chi connectivity index (χ2v) is 8.27. The Morgan fingerprint density at radius 3 is 2.41 bits per heavy atom. The normalized spacial score (nSPS) is 11.3. The molecule has 0 heterocycles. The van der Waals surface area contributed by atoms with Gasteiger partial charge in [0, 0.05) is 23.8 Å². The highest BCUT2D eigenvalue weighted by atomic mass is 35.5. The van der Waals surface area contributed by atoms with Crippen molar-refractivity contribution in [2.24, 2.45) is 0 Å². The predicted octanol–water partition coefficient (Wildman–Crippen LogP) is 2.92. The number of anilines is 1. The molecule has 9 heteroatoms. The Kier molecular flexibility index (Phi) is 6.69. The number of carbonyl (C=O) groups excluding carboxylic acids is 1. The van der Waals surface area contributed by atoms with Gasteiger partial charge in [0.25, 0.3) is 0 Å². The highest BCUT2D eigenvalue weighted by molar-refractivity contribution is 7.89. The monoisotopic (exact) mass is 412 g/mol. The second-order valence-electron chi connectivity index (χ2n) is 5.79. The molecule has 2 aromatic rings. The lowest BCUT2D eigenvalue weighted by Gasteiger charge is -2.18. The number of ether oxygens (including phenoxy) is 2. The van der Waals surface area contributed by atoms with E-state index in [9.17, 15) is 13.2 Å². The van der Waals surface area contributed by atoms with Gasteiger partial charge in [-0.1, -0.05) is 17.7 Å². The largest absolute Gasteiger partial charge is 0.493 e. The van der Waals surface area contributed by atoms with Crippen molar-refractivity contribution in [2.45, 2.75) is 11.8 Å². The minimum Gasteiger partial charge on any atom is -0.493 e. The summed E-state index contributed by atoms with van der Waals surface area (Å²) in [6, 6.07) is 9.32. The van der Waals surface area contributed by atoms with Gasteiger partial charge in [-0.3, -0.25) is 4.79 Å². The first-order chi connectivity index (χ1) is 12.7. The zero-order chi connectivity index (χ0) is 20.2. The number of nitrogens with one attached hydrogen (secondary N) is 1. The lowest BCUT2D eigenvalue weighted by atomic mass is 10.2. The minimum atomic E-state index is -3.89. The van der Waals surface area contributed by atoms with Crippen LogP contribution < -0.4 is 14.8 Å². The summed E-state index contributed by atoms with van der Waals surface area (Å²) in [6.45, 7) is 1.46. The van der Waals surface area contributed by atoms with E-state index in [2.05, 4.69) is 5.32 Å². The number of hydrogen-bond donors (Lipinski definition) is 1. The van der Waals surface area contributed by atoms with Crippen LogP contribution >= 0.6 is 11.6 Å². The van der Waals surface area contributed by atoms with Crippen LogP contribution in [0.15, 0.2) is 41.3 Å². The molecule has 1 amide bonds. The van der Waals surface area contributed by atoms with Gasteiger partial charge in [-0.2, -0.15) is 4.31 Å². The molecule has 2 rings (SSSR count).